The lowest BCUT2D eigenvalue weighted by Gasteiger charge is -2.06. The van der Waals surface area contributed by atoms with E-state index in [-0.39, 0.29) is 18.8 Å². The highest BCUT2D eigenvalue weighted by Crippen LogP contribution is 2.10. The first-order chi connectivity index (χ1) is 9.81. The molecule has 0 radical (unpaired) electrons. The lowest BCUT2D eigenvalue weighted by Crippen LogP contribution is -2.11. The van der Waals surface area contributed by atoms with Gasteiger partial charge in [0.15, 0.2) is 5.78 Å². The Bertz CT molecular complexity index is 576. The van der Waals surface area contributed by atoms with Crippen LogP contribution in [0.5, 0.6) is 0 Å². The van der Waals surface area contributed by atoms with Crippen molar-refractivity contribution in [3.8, 4) is 0 Å². The Balaban J connectivity index is 2.19. The molecule has 2 aromatic carbocycles. The van der Waals surface area contributed by atoms with Crippen LogP contribution in [-0.4, -0.2) is 29.8 Å². The number of aliphatic hydroxyl groups is 1. The van der Waals surface area contributed by atoms with Crippen LogP contribution < -0.4 is 0 Å². The van der Waals surface area contributed by atoms with Gasteiger partial charge in [-0.25, -0.2) is 0 Å². The van der Waals surface area contributed by atoms with Crippen LogP contribution in [0.3, 0.4) is 0 Å². The summed E-state index contributed by atoms with van der Waals surface area (Å²) in [4.78, 5) is 16.6. The average Bonchev–Trinajstić information content (AvgIpc) is 2.53. The first kappa shape index (κ1) is 14.2. The number of carbonyl (C=O) groups excluding carboxylic acids is 1. The van der Waals surface area contributed by atoms with E-state index in [9.17, 15) is 4.79 Å². The number of rotatable bonds is 6. The van der Waals surface area contributed by atoms with Crippen molar-refractivity contribution in [1.29, 1.82) is 0 Å². The first-order valence-electron chi connectivity index (χ1n) is 6.59. The summed E-state index contributed by atoms with van der Waals surface area (Å²) in [5.41, 5.74) is 2.32. The third-order valence-corrected chi connectivity index (χ3v) is 2.93. The second-order valence-electron chi connectivity index (χ2n) is 4.38. The number of hydrogen-bond acceptors (Lipinski definition) is 3. The van der Waals surface area contributed by atoms with Crippen molar-refractivity contribution < 1.29 is 9.90 Å². The van der Waals surface area contributed by atoms with Crippen LogP contribution in [0.15, 0.2) is 65.7 Å². The van der Waals surface area contributed by atoms with E-state index in [1.165, 1.54) is 0 Å². The predicted molar refractivity (Wildman–Crippen MR) is 80.3 cm³/mol. The van der Waals surface area contributed by atoms with Crippen molar-refractivity contribution in [1.82, 2.24) is 0 Å². The summed E-state index contributed by atoms with van der Waals surface area (Å²) in [5, 5.41) is 8.92. The quantitative estimate of drug-likeness (QED) is 0.646. The zero-order valence-electron chi connectivity index (χ0n) is 11.2. The molecule has 0 aliphatic carbocycles. The fraction of sp³-hybridized carbons (Fsp3) is 0.176. The van der Waals surface area contributed by atoms with E-state index in [0.717, 1.165) is 5.56 Å². The molecule has 3 heteroatoms. The molecule has 0 fully saturated rings. The number of carbonyl (C=O) groups is 1. The van der Waals surface area contributed by atoms with Gasteiger partial charge in [0, 0.05) is 11.3 Å². The van der Waals surface area contributed by atoms with Crippen LogP contribution >= 0.6 is 0 Å². The van der Waals surface area contributed by atoms with Gasteiger partial charge in [-0.15, -0.1) is 0 Å². The minimum atomic E-state index is -0.0180. The molecule has 0 amide bonds. The summed E-state index contributed by atoms with van der Waals surface area (Å²) < 4.78 is 0. The van der Waals surface area contributed by atoms with Crippen molar-refractivity contribution in [2.24, 2.45) is 4.99 Å². The van der Waals surface area contributed by atoms with Crippen molar-refractivity contribution in [2.45, 2.75) is 6.42 Å². The summed E-state index contributed by atoms with van der Waals surface area (Å²) in [5.74, 6) is 0.0335. The van der Waals surface area contributed by atoms with Crippen molar-refractivity contribution in [3.05, 3.63) is 71.8 Å². The number of benzene rings is 2. The normalized spacial score (nSPS) is 11.3. The number of nitrogens with zero attached hydrogens (tertiary/aromatic N) is 1. The Hall–Kier alpha value is -2.26. The Morgan fingerprint density at radius 3 is 2.00 bits per heavy atom. The van der Waals surface area contributed by atoms with Gasteiger partial charge in [0.25, 0.3) is 0 Å². The van der Waals surface area contributed by atoms with Gasteiger partial charge < -0.3 is 5.11 Å². The van der Waals surface area contributed by atoms with Gasteiger partial charge in [0.05, 0.1) is 19.6 Å². The first-order valence-corrected chi connectivity index (χ1v) is 6.59. The summed E-state index contributed by atoms with van der Waals surface area (Å²) in [6, 6.07) is 18.8. The molecule has 0 aromatic heterocycles. The molecule has 0 atom stereocenters. The minimum absolute atomic E-state index is 0.0180. The highest BCUT2D eigenvalue weighted by Gasteiger charge is 2.11. The van der Waals surface area contributed by atoms with E-state index >= 15 is 0 Å². The van der Waals surface area contributed by atoms with Crippen LogP contribution in [0.2, 0.25) is 0 Å². The summed E-state index contributed by atoms with van der Waals surface area (Å²) in [6.45, 7) is 0.294. The molecular formula is C17H17NO2. The highest BCUT2D eigenvalue weighted by atomic mass is 16.3. The predicted octanol–water partition coefficient (Wildman–Crippen LogP) is 2.74. The second-order valence-corrected chi connectivity index (χ2v) is 4.38. The van der Waals surface area contributed by atoms with E-state index < -0.39 is 0 Å². The molecule has 3 nitrogen and oxygen atoms in total. The fourth-order valence-electron chi connectivity index (χ4n) is 1.94. The zero-order valence-corrected chi connectivity index (χ0v) is 11.2. The van der Waals surface area contributed by atoms with Gasteiger partial charge in [0.2, 0.25) is 0 Å². The molecule has 102 valence electrons. The van der Waals surface area contributed by atoms with Gasteiger partial charge in [-0.05, 0) is 5.56 Å². The molecule has 0 aliphatic rings. The highest BCUT2D eigenvalue weighted by molar-refractivity contribution is 6.15. The van der Waals surface area contributed by atoms with E-state index in [4.69, 9.17) is 5.11 Å². The van der Waals surface area contributed by atoms with Gasteiger partial charge in [-0.2, -0.15) is 0 Å². The lowest BCUT2D eigenvalue weighted by molar-refractivity contribution is 0.100. The van der Waals surface area contributed by atoms with Crippen molar-refractivity contribution in [2.75, 3.05) is 13.2 Å². The van der Waals surface area contributed by atoms with Gasteiger partial charge in [-0.1, -0.05) is 60.7 Å². The smallest absolute Gasteiger partial charge is 0.168 e. The van der Waals surface area contributed by atoms with E-state index in [0.29, 0.717) is 17.8 Å². The number of ketones is 1. The Morgan fingerprint density at radius 2 is 1.45 bits per heavy atom. The third-order valence-electron chi connectivity index (χ3n) is 2.93. The molecule has 0 bridgehead atoms. The standard InChI is InChI=1S/C17H17NO2/c19-12-11-18-16(14-7-3-1-4-8-14)13-17(20)15-9-5-2-6-10-15/h1-10,19H,11-13H2. The van der Waals surface area contributed by atoms with Gasteiger partial charge >= 0.3 is 0 Å². The minimum Gasteiger partial charge on any atom is -0.394 e. The van der Waals surface area contributed by atoms with Gasteiger partial charge in [-0.3, -0.25) is 9.79 Å². The lowest BCUT2D eigenvalue weighted by atomic mass is 10.0. The van der Waals surface area contributed by atoms with E-state index in [1.54, 1.807) is 12.1 Å². The molecule has 1 N–H and O–H groups in total. The largest absolute Gasteiger partial charge is 0.394 e. The van der Waals surface area contributed by atoms with Crippen molar-refractivity contribution >= 4 is 11.5 Å². The van der Waals surface area contributed by atoms with Gasteiger partial charge in [0.1, 0.15) is 0 Å². The molecule has 0 heterocycles. The molecule has 0 unspecified atom stereocenters. The average molecular weight is 267 g/mol. The number of aliphatic imine (C=N–C) groups is 1. The number of Topliss-reactive ketones (excluding diaryl/α,β-unsaturated/α-hetero) is 1. The monoisotopic (exact) mass is 267 g/mol. The third kappa shape index (κ3) is 3.87. The Morgan fingerprint density at radius 1 is 0.900 bits per heavy atom. The maximum absolute atomic E-state index is 12.2. The molecule has 0 aliphatic heterocycles. The summed E-state index contributed by atoms with van der Waals surface area (Å²) in [7, 11) is 0. The molecule has 0 saturated heterocycles. The summed E-state index contributed by atoms with van der Waals surface area (Å²) >= 11 is 0. The fourth-order valence-corrected chi connectivity index (χ4v) is 1.94. The van der Waals surface area contributed by atoms with Crippen LogP contribution in [0.25, 0.3) is 0 Å². The summed E-state index contributed by atoms with van der Waals surface area (Å²) in [6.07, 6.45) is 0.244. The molecule has 2 rings (SSSR count). The molecule has 0 spiro atoms. The maximum atomic E-state index is 12.2. The molecule has 0 saturated carbocycles. The molecule has 20 heavy (non-hydrogen) atoms. The van der Waals surface area contributed by atoms with E-state index in [1.807, 2.05) is 48.5 Å². The van der Waals surface area contributed by atoms with Crippen LogP contribution in [0.4, 0.5) is 0 Å². The maximum Gasteiger partial charge on any atom is 0.168 e. The number of aliphatic hydroxyl groups excluding tert-OH is 1. The van der Waals surface area contributed by atoms with Crippen LogP contribution in [0.1, 0.15) is 22.3 Å². The SMILES string of the molecule is O=C(CC(=NCCO)c1ccccc1)c1ccccc1. The van der Waals surface area contributed by atoms with Crippen LogP contribution in [0, 0.1) is 0 Å². The number of hydrogen-bond donors (Lipinski definition) is 1. The molecular weight excluding hydrogens is 250 g/mol. The van der Waals surface area contributed by atoms with E-state index in [2.05, 4.69) is 4.99 Å². The van der Waals surface area contributed by atoms with Crippen LogP contribution in [-0.2, 0) is 0 Å². The Labute approximate surface area is 118 Å². The van der Waals surface area contributed by atoms with Crippen molar-refractivity contribution in [3.63, 3.8) is 0 Å². The second kappa shape index (κ2) is 7.36. The Kier molecular flexibility index (Phi) is 5.21. The molecule has 2 aromatic rings. The zero-order chi connectivity index (χ0) is 14.2. The topological polar surface area (TPSA) is 49.7 Å².